The summed E-state index contributed by atoms with van der Waals surface area (Å²) in [7, 11) is 0. The lowest BCUT2D eigenvalue weighted by Gasteiger charge is -2.39. The molecule has 0 amide bonds. The summed E-state index contributed by atoms with van der Waals surface area (Å²) in [6, 6.07) is 17.4. The molecule has 0 radical (unpaired) electrons. The van der Waals surface area contributed by atoms with Gasteiger partial charge >= 0.3 is 0 Å². The van der Waals surface area contributed by atoms with Gasteiger partial charge in [-0.1, -0.05) is 49.4 Å². The molecule has 3 rings (SSSR count). The van der Waals surface area contributed by atoms with Gasteiger partial charge in [0.2, 0.25) is 6.04 Å². The Kier molecular flexibility index (Phi) is 4.09. The second kappa shape index (κ2) is 6.18. The normalized spacial score (nSPS) is 18.6. The topological polar surface area (TPSA) is 46.4 Å². The van der Waals surface area contributed by atoms with Gasteiger partial charge in [0.25, 0.3) is 0 Å². The average molecular weight is 296 g/mol. The molecule has 0 bridgehead atoms. The average Bonchev–Trinajstić information content (AvgIpc) is 2.56. The zero-order valence-electron chi connectivity index (χ0n) is 12.7. The lowest BCUT2D eigenvalue weighted by molar-refractivity contribution is -0.527. The van der Waals surface area contributed by atoms with E-state index >= 15 is 0 Å². The minimum Gasteiger partial charge on any atom is -0.358 e. The van der Waals surface area contributed by atoms with Crippen LogP contribution < -0.4 is 4.90 Å². The Balaban J connectivity index is 2.09. The van der Waals surface area contributed by atoms with Crippen molar-refractivity contribution >= 4 is 5.69 Å². The number of hydrogen-bond acceptors (Lipinski definition) is 3. The van der Waals surface area contributed by atoms with E-state index in [2.05, 4.69) is 11.0 Å². The molecule has 1 heterocycles. The van der Waals surface area contributed by atoms with Crippen molar-refractivity contribution in [3.63, 3.8) is 0 Å². The second-order valence-electron chi connectivity index (χ2n) is 5.68. The molecule has 0 saturated carbocycles. The van der Waals surface area contributed by atoms with E-state index in [-0.39, 0.29) is 11.0 Å². The van der Waals surface area contributed by atoms with Crippen molar-refractivity contribution in [2.45, 2.75) is 31.8 Å². The van der Waals surface area contributed by atoms with Crippen LogP contribution in [-0.2, 0) is 6.42 Å². The number of para-hydroxylation sites is 1. The van der Waals surface area contributed by atoms with Crippen molar-refractivity contribution in [1.29, 1.82) is 0 Å². The van der Waals surface area contributed by atoms with Crippen molar-refractivity contribution in [2.75, 3.05) is 11.4 Å². The molecular formula is C18H20N2O2. The van der Waals surface area contributed by atoms with E-state index in [9.17, 15) is 10.1 Å². The van der Waals surface area contributed by atoms with E-state index in [0.717, 1.165) is 24.2 Å². The fourth-order valence-corrected chi connectivity index (χ4v) is 3.41. The van der Waals surface area contributed by atoms with E-state index in [0.29, 0.717) is 6.42 Å². The first-order valence-corrected chi connectivity index (χ1v) is 7.75. The second-order valence-corrected chi connectivity index (χ2v) is 5.68. The Morgan fingerprint density at radius 2 is 1.86 bits per heavy atom. The molecule has 2 aromatic rings. The van der Waals surface area contributed by atoms with Gasteiger partial charge in [-0.15, -0.1) is 0 Å². The smallest absolute Gasteiger partial charge is 0.237 e. The zero-order chi connectivity index (χ0) is 15.5. The highest BCUT2D eigenvalue weighted by molar-refractivity contribution is 5.52. The van der Waals surface area contributed by atoms with E-state index in [1.807, 2.05) is 55.5 Å². The zero-order valence-corrected chi connectivity index (χ0v) is 12.7. The molecule has 4 nitrogen and oxygen atoms in total. The number of anilines is 1. The molecule has 2 aromatic carbocycles. The SMILES string of the molecule is CCC(C1c2ccccc2CCN1c1ccccc1)[N+](=O)[O-]. The molecule has 4 heteroatoms. The van der Waals surface area contributed by atoms with Crippen LogP contribution in [0, 0.1) is 10.1 Å². The number of benzene rings is 2. The molecule has 2 unspecified atom stereocenters. The number of nitro groups is 1. The Bertz CT molecular complexity index is 657. The molecule has 2 atom stereocenters. The summed E-state index contributed by atoms with van der Waals surface area (Å²) in [5.41, 5.74) is 3.39. The van der Waals surface area contributed by atoms with Gasteiger partial charge in [-0.05, 0) is 29.7 Å². The number of hydrogen-bond donors (Lipinski definition) is 0. The number of nitrogens with zero attached hydrogens (tertiary/aromatic N) is 2. The third-order valence-corrected chi connectivity index (χ3v) is 4.47. The van der Waals surface area contributed by atoms with E-state index in [1.54, 1.807) is 0 Å². The molecule has 1 aliphatic rings. The molecule has 0 N–H and O–H groups in total. The predicted molar refractivity (Wildman–Crippen MR) is 87.7 cm³/mol. The standard InChI is InChI=1S/C18H20N2O2/c1-2-17(20(21)22)18-16-11-7-6-8-14(16)12-13-19(18)15-9-4-3-5-10-15/h3-11,17-18H,2,12-13H2,1H3. The lowest BCUT2D eigenvalue weighted by atomic mass is 9.87. The minimum absolute atomic E-state index is 0.122. The molecule has 0 spiro atoms. The van der Waals surface area contributed by atoms with Gasteiger partial charge in [0.1, 0.15) is 6.04 Å². The van der Waals surface area contributed by atoms with Gasteiger partial charge in [-0.25, -0.2) is 0 Å². The van der Waals surface area contributed by atoms with E-state index in [4.69, 9.17) is 0 Å². The Labute approximate surface area is 130 Å². The summed E-state index contributed by atoms with van der Waals surface area (Å²) in [5.74, 6) is 0. The lowest BCUT2D eigenvalue weighted by Crippen LogP contribution is -2.44. The molecule has 1 aliphatic heterocycles. The van der Waals surface area contributed by atoms with Crippen molar-refractivity contribution in [2.24, 2.45) is 0 Å². The van der Waals surface area contributed by atoms with Crippen LogP contribution in [0.15, 0.2) is 54.6 Å². The van der Waals surface area contributed by atoms with Crippen LogP contribution in [0.25, 0.3) is 0 Å². The van der Waals surface area contributed by atoms with Gasteiger partial charge in [0.15, 0.2) is 0 Å². The van der Waals surface area contributed by atoms with Crippen molar-refractivity contribution in [1.82, 2.24) is 0 Å². The Morgan fingerprint density at radius 3 is 2.55 bits per heavy atom. The van der Waals surface area contributed by atoms with Gasteiger partial charge in [-0.2, -0.15) is 0 Å². The highest BCUT2D eigenvalue weighted by Gasteiger charge is 2.39. The van der Waals surface area contributed by atoms with Gasteiger partial charge in [-0.3, -0.25) is 10.1 Å². The van der Waals surface area contributed by atoms with Gasteiger partial charge in [0, 0.05) is 23.6 Å². The van der Waals surface area contributed by atoms with Crippen LogP contribution in [0.2, 0.25) is 0 Å². The van der Waals surface area contributed by atoms with Crippen molar-refractivity contribution < 1.29 is 4.92 Å². The molecule has 22 heavy (non-hydrogen) atoms. The molecular weight excluding hydrogens is 276 g/mol. The first kappa shape index (κ1) is 14.6. The largest absolute Gasteiger partial charge is 0.358 e. The molecule has 0 aliphatic carbocycles. The quantitative estimate of drug-likeness (QED) is 0.636. The van der Waals surface area contributed by atoms with Crippen molar-refractivity contribution in [3.05, 3.63) is 75.8 Å². The fraction of sp³-hybridized carbons (Fsp3) is 0.333. The molecule has 0 aromatic heterocycles. The summed E-state index contributed by atoms with van der Waals surface area (Å²) in [6.07, 6.45) is 1.45. The number of rotatable bonds is 4. The van der Waals surface area contributed by atoms with Crippen molar-refractivity contribution in [3.8, 4) is 0 Å². The van der Waals surface area contributed by atoms with Crippen LogP contribution in [0.5, 0.6) is 0 Å². The van der Waals surface area contributed by atoms with Gasteiger partial charge < -0.3 is 4.90 Å². The van der Waals surface area contributed by atoms with Crippen LogP contribution in [-0.4, -0.2) is 17.5 Å². The maximum atomic E-state index is 11.6. The fourth-order valence-electron chi connectivity index (χ4n) is 3.41. The first-order chi connectivity index (χ1) is 10.7. The maximum absolute atomic E-state index is 11.6. The summed E-state index contributed by atoms with van der Waals surface area (Å²) in [6.45, 7) is 2.71. The summed E-state index contributed by atoms with van der Waals surface area (Å²) in [5, 5.41) is 11.6. The Morgan fingerprint density at radius 1 is 1.18 bits per heavy atom. The third kappa shape index (κ3) is 2.56. The monoisotopic (exact) mass is 296 g/mol. The third-order valence-electron chi connectivity index (χ3n) is 4.47. The predicted octanol–water partition coefficient (Wildman–Crippen LogP) is 3.85. The maximum Gasteiger partial charge on any atom is 0.237 e. The summed E-state index contributed by atoms with van der Waals surface area (Å²) < 4.78 is 0. The van der Waals surface area contributed by atoms with Crippen LogP contribution in [0.4, 0.5) is 5.69 Å². The molecule has 0 fully saturated rings. The first-order valence-electron chi connectivity index (χ1n) is 7.75. The minimum atomic E-state index is -0.596. The molecule has 0 saturated heterocycles. The van der Waals surface area contributed by atoms with Crippen LogP contribution >= 0.6 is 0 Å². The molecule has 114 valence electrons. The summed E-state index contributed by atoms with van der Waals surface area (Å²) >= 11 is 0. The highest BCUT2D eigenvalue weighted by Crippen LogP contribution is 2.37. The highest BCUT2D eigenvalue weighted by atomic mass is 16.6. The summed E-state index contributed by atoms with van der Waals surface area (Å²) in [4.78, 5) is 13.7. The Hall–Kier alpha value is -2.36. The van der Waals surface area contributed by atoms with Gasteiger partial charge in [0.05, 0.1) is 0 Å². The number of fused-ring (bicyclic) bond motifs is 1. The van der Waals surface area contributed by atoms with E-state index in [1.165, 1.54) is 5.56 Å². The van der Waals surface area contributed by atoms with Crippen LogP contribution in [0.3, 0.4) is 0 Å². The van der Waals surface area contributed by atoms with E-state index < -0.39 is 6.04 Å². The van der Waals surface area contributed by atoms with Crippen LogP contribution in [0.1, 0.15) is 30.5 Å².